The summed E-state index contributed by atoms with van der Waals surface area (Å²) in [7, 11) is 0. The van der Waals surface area contributed by atoms with E-state index in [4.69, 9.17) is 5.11 Å². The standard InChI is InChI=1S/C10H13F2NO/c1-7(14)5-13-6-8-3-2-4-9(11)10(8)12/h2-4,7,13-14H,5-6H2,1H3/t7-/m1/s1. The van der Waals surface area contributed by atoms with Crippen molar-refractivity contribution in [3.63, 3.8) is 0 Å². The predicted molar refractivity (Wildman–Crippen MR) is 49.7 cm³/mol. The summed E-state index contributed by atoms with van der Waals surface area (Å²) in [5.41, 5.74) is 0.269. The smallest absolute Gasteiger partial charge is 0.163 e. The Morgan fingerprint density at radius 3 is 2.79 bits per heavy atom. The summed E-state index contributed by atoms with van der Waals surface area (Å²) in [6, 6.07) is 4.04. The molecule has 1 aromatic carbocycles. The second-order valence-electron chi connectivity index (χ2n) is 3.19. The Morgan fingerprint density at radius 2 is 2.14 bits per heavy atom. The molecule has 2 N–H and O–H groups in total. The molecule has 1 atom stereocenters. The molecule has 0 aliphatic rings. The van der Waals surface area contributed by atoms with Crippen molar-refractivity contribution in [1.82, 2.24) is 5.32 Å². The van der Waals surface area contributed by atoms with Crippen molar-refractivity contribution in [2.24, 2.45) is 0 Å². The molecule has 0 radical (unpaired) electrons. The predicted octanol–water partition coefficient (Wildman–Crippen LogP) is 1.44. The van der Waals surface area contributed by atoms with Crippen molar-refractivity contribution < 1.29 is 13.9 Å². The van der Waals surface area contributed by atoms with Gasteiger partial charge in [-0.2, -0.15) is 0 Å². The van der Waals surface area contributed by atoms with Gasteiger partial charge in [0.2, 0.25) is 0 Å². The third-order valence-electron chi connectivity index (χ3n) is 1.79. The lowest BCUT2D eigenvalue weighted by Gasteiger charge is -2.07. The van der Waals surface area contributed by atoms with Crippen molar-refractivity contribution in [3.05, 3.63) is 35.4 Å². The molecular formula is C10H13F2NO. The summed E-state index contributed by atoms with van der Waals surface area (Å²) < 4.78 is 25.8. The van der Waals surface area contributed by atoms with E-state index >= 15 is 0 Å². The number of benzene rings is 1. The second kappa shape index (κ2) is 5.02. The molecule has 0 bridgehead atoms. The van der Waals surface area contributed by atoms with E-state index in [0.29, 0.717) is 6.54 Å². The minimum absolute atomic E-state index is 0.217. The maximum absolute atomic E-state index is 13.0. The van der Waals surface area contributed by atoms with E-state index < -0.39 is 17.7 Å². The third-order valence-corrected chi connectivity index (χ3v) is 1.79. The quantitative estimate of drug-likeness (QED) is 0.772. The van der Waals surface area contributed by atoms with Gasteiger partial charge >= 0.3 is 0 Å². The van der Waals surface area contributed by atoms with E-state index in [0.717, 1.165) is 6.07 Å². The Labute approximate surface area is 81.6 Å². The molecule has 0 aromatic heterocycles. The van der Waals surface area contributed by atoms with Crippen LogP contribution in [-0.2, 0) is 6.54 Å². The van der Waals surface area contributed by atoms with Crippen molar-refractivity contribution in [1.29, 1.82) is 0 Å². The van der Waals surface area contributed by atoms with Gasteiger partial charge in [-0.3, -0.25) is 0 Å². The Bertz CT molecular complexity index is 302. The first-order valence-electron chi connectivity index (χ1n) is 4.43. The lowest BCUT2D eigenvalue weighted by molar-refractivity contribution is 0.190. The molecule has 1 rings (SSSR count). The largest absolute Gasteiger partial charge is 0.392 e. The van der Waals surface area contributed by atoms with Crippen molar-refractivity contribution in [2.75, 3.05) is 6.54 Å². The van der Waals surface area contributed by atoms with Crippen molar-refractivity contribution in [2.45, 2.75) is 19.6 Å². The van der Waals surface area contributed by atoms with Gasteiger partial charge in [-0.1, -0.05) is 12.1 Å². The van der Waals surface area contributed by atoms with Crippen LogP contribution in [0.4, 0.5) is 8.78 Å². The number of aliphatic hydroxyl groups is 1. The van der Waals surface area contributed by atoms with E-state index in [1.807, 2.05) is 0 Å². The molecule has 0 aliphatic carbocycles. The van der Waals surface area contributed by atoms with E-state index in [1.54, 1.807) is 6.92 Å². The summed E-state index contributed by atoms with van der Waals surface area (Å²) in [5, 5.41) is 11.7. The molecule has 14 heavy (non-hydrogen) atoms. The average molecular weight is 201 g/mol. The fourth-order valence-corrected chi connectivity index (χ4v) is 1.10. The highest BCUT2D eigenvalue weighted by molar-refractivity contribution is 5.18. The van der Waals surface area contributed by atoms with Gasteiger partial charge in [-0.05, 0) is 13.0 Å². The fourth-order valence-electron chi connectivity index (χ4n) is 1.10. The summed E-state index contributed by atoms with van der Waals surface area (Å²) in [6.07, 6.45) is -0.494. The summed E-state index contributed by atoms with van der Waals surface area (Å²) >= 11 is 0. The molecule has 78 valence electrons. The van der Waals surface area contributed by atoms with Gasteiger partial charge in [-0.15, -0.1) is 0 Å². The van der Waals surface area contributed by atoms with Crippen LogP contribution in [-0.4, -0.2) is 17.8 Å². The van der Waals surface area contributed by atoms with Crippen LogP contribution in [0.25, 0.3) is 0 Å². The molecule has 0 unspecified atom stereocenters. The Balaban J connectivity index is 2.54. The van der Waals surface area contributed by atoms with Crippen LogP contribution in [0, 0.1) is 11.6 Å². The number of rotatable bonds is 4. The Hall–Kier alpha value is -1.00. The topological polar surface area (TPSA) is 32.3 Å². The molecule has 0 heterocycles. The second-order valence-corrected chi connectivity index (χ2v) is 3.19. The monoisotopic (exact) mass is 201 g/mol. The molecule has 2 nitrogen and oxygen atoms in total. The first kappa shape index (κ1) is 11.1. The summed E-state index contributed by atoms with van der Waals surface area (Å²) in [4.78, 5) is 0. The van der Waals surface area contributed by atoms with E-state index in [1.165, 1.54) is 12.1 Å². The number of halogens is 2. The highest BCUT2D eigenvalue weighted by Gasteiger charge is 2.06. The molecule has 1 aromatic rings. The van der Waals surface area contributed by atoms with Crippen LogP contribution in [0.5, 0.6) is 0 Å². The molecule has 0 aliphatic heterocycles. The minimum atomic E-state index is -0.846. The maximum atomic E-state index is 13.0. The number of hydrogen-bond acceptors (Lipinski definition) is 2. The van der Waals surface area contributed by atoms with Gasteiger partial charge in [-0.25, -0.2) is 8.78 Å². The normalized spacial score (nSPS) is 12.9. The first-order valence-corrected chi connectivity index (χ1v) is 4.43. The van der Waals surface area contributed by atoms with Crippen molar-refractivity contribution >= 4 is 0 Å². The zero-order valence-electron chi connectivity index (χ0n) is 7.93. The Kier molecular flexibility index (Phi) is 3.98. The molecule has 4 heteroatoms. The first-order chi connectivity index (χ1) is 6.61. The molecule has 0 saturated carbocycles. The molecule has 0 fully saturated rings. The van der Waals surface area contributed by atoms with Gasteiger partial charge in [0.15, 0.2) is 11.6 Å². The van der Waals surface area contributed by atoms with Gasteiger partial charge in [0.05, 0.1) is 6.10 Å². The van der Waals surface area contributed by atoms with Gasteiger partial charge in [0, 0.05) is 18.7 Å². The maximum Gasteiger partial charge on any atom is 0.163 e. The van der Waals surface area contributed by atoms with Crippen LogP contribution in [0.2, 0.25) is 0 Å². The van der Waals surface area contributed by atoms with E-state index in [9.17, 15) is 8.78 Å². The molecular weight excluding hydrogens is 188 g/mol. The summed E-state index contributed by atoms with van der Waals surface area (Å²) in [6.45, 7) is 2.19. The van der Waals surface area contributed by atoms with Crippen LogP contribution in [0.3, 0.4) is 0 Å². The average Bonchev–Trinajstić information content (AvgIpc) is 2.12. The van der Waals surface area contributed by atoms with Gasteiger partial charge in [0.1, 0.15) is 0 Å². The molecule has 0 spiro atoms. The SMILES string of the molecule is C[C@@H](O)CNCc1cccc(F)c1F. The number of aliphatic hydroxyl groups excluding tert-OH is 1. The zero-order valence-corrected chi connectivity index (χ0v) is 7.93. The van der Waals surface area contributed by atoms with Crippen LogP contribution < -0.4 is 5.32 Å². The zero-order chi connectivity index (χ0) is 10.6. The highest BCUT2D eigenvalue weighted by Crippen LogP contribution is 2.10. The van der Waals surface area contributed by atoms with Crippen molar-refractivity contribution in [3.8, 4) is 0 Å². The Morgan fingerprint density at radius 1 is 1.43 bits per heavy atom. The van der Waals surface area contributed by atoms with Crippen LogP contribution in [0.1, 0.15) is 12.5 Å². The molecule has 0 saturated heterocycles. The lowest BCUT2D eigenvalue weighted by Crippen LogP contribution is -2.24. The fraction of sp³-hybridized carbons (Fsp3) is 0.400. The van der Waals surface area contributed by atoms with E-state index in [-0.39, 0.29) is 12.1 Å². The third kappa shape index (κ3) is 3.05. The number of hydrogen-bond donors (Lipinski definition) is 2. The molecule has 0 amide bonds. The minimum Gasteiger partial charge on any atom is -0.392 e. The van der Waals surface area contributed by atoms with Crippen LogP contribution >= 0.6 is 0 Å². The van der Waals surface area contributed by atoms with E-state index in [2.05, 4.69) is 5.32 Å². The van der Waals surface area contributed by atoms with Gasteiger partial charge in [0.25, 0.3) is 0 Å². The lowest BCUT2D eigenvalue weighted by atomic mass is 10.2. The highest BCUT2D eigenvalue weighted by atomic mass is 19.2. The number of nitrogens with one attached hydrogen (secondary N) is 1. The summed E-state index contributed by atoms with van der Waals surface area (Å²) in [5.74, 6) is -1.67. The van der Waals surface area contributed by atoms with Gasteiger partial charge < -0.3 is 10.4 Å². The van der Waals surface area contributed by atoms with Crippen LogP contribution in [0.15, 0.2) is 18.2 Å².